The number of nitrogens with zero attached hydrogens (tertiary/aromatic N) is 3. The summed E-state index contributed by atoms with van der Waals surface area (Å²) in [4.78, 5) is 13.0. The number of hydrogen-bond donors (Lipinski definition) is 1. The summed E-state index contributed by atoms with van der Waals surface area (Å²) in [6.45, 7) is 0.368. The number of allylic oxidation sites excluding steroid dienone is 2. The van der Waals surface area contributed by atoms with Crippen LogP contribution in [0.1, 0.15) is 5.56 Å². The molecule has 2 aromatic rings. The molecule has 7 nitrogen and oxygen atoms in total. The van der Waals surface area contributed by atoms with Gasteiger partial charge in [-0.1, -0.05) is 6.07 Å². The molecule has 0 spiro atoms. The minimum atomic E-state index is -3.45. The normalized spacial score (nSPS) is 18.9. The number of carbonyl (C=O) groups is 1. The first-order valence-corrected chi connectivity index (χ1v) is 8.88. The van der Waals surface area contributed by atoms with Crippen LogP contribution in [0.3, 0.4) is 0 Å². The van der Waals surface area contributed by atoms with Crippen molar-refractivity contribution < 1.29 is 18.3 Å². The zero-order valence-electron chi connectivity index (χ0n) is 12.5. The van der Waals surface area contributed by atoms with Crippen LogP contribution in [0.4, 0.5) is 4.79 Å². The van der Waals surface area contributed by atoms with E-state index in [9.17, 15) is 13.2 Å². The van der Waals surface area contributed by atoms with Gasteiger partial charge in [-0.05, 0) is 35.9 Å². The van der Waals surface area contributed by atoms with E-state index in [1.165, 1.54) is 6.20 Å². The van der Waals surface area contributed by atoms with Crippen molar-refractivity contribution in [3.8, 4) is 0 Å². The fourth-order valence-electron chi connectivity index (χ4n) is 2.92. The number of aromatic nitrogens is 1. The van der Waals surface area contributed by atoms with E-state index in [2.05, 4.69) is 4.40 Å². The third-order valence-corrected chi connectivity index (χ3v) is 5.21. The fraction of sp³-hybridized carbons (Fsp3) is 0.125. The van der Waals surface area contributed by atoms with Gasteiger partial charge < -0.3 is 10.0 Å². The molecular formula is C16H13N3O4S. The average Bonchev–Trinajstić information content (AvgIpc) is 2.96. The quantitative estimate of drug-likeness (QED) is 0.856. The third kappa shape index (κ3) is 2.31. The molecule has 122 valence electrons. The highest BCUT2D eigenvalue weighted by Crippen LogP contribution is 2.28. The van der Waals surface area contributed by atoms with Crippen LogP contribution in [-0.4, -0.2) is 47.2 Å². The largest absolute Gasteiger partial charge is 0.464 e. The van der Waals surface area contributed by atoms with E-state index in [0.717, 1.165) is 15.5 Å². The number of rotatable bonds is 1. The van der Waals surface area contributed by atoms with Crippen LogP contribution in [0.15, 0.2) is 53.2 Å². The van der Waals surface area contributed by atoms with Crippen molar-refractivity contribution in [2.24, 2.45) is 4.40 Å². The zero-order valence-corrected chi connectivity index (χ0v) is 13.3. The molecule has 0 saturated heterocycles. The van der Waals surface area contributed by atoms with Gasteiger partial charge in [0.25, 0.3) is 10.0 Å². The molecule has 2 aliphatic rings. The molecule has 3 heterocycles. The summed E-state index contributed by atoms with van der Waals surface area (Å²) in [5, 5.41) is 9.91. The first kappa shape index (κ1) is 14.7. The van der Waals surface area contributed by atoms with Gasteiger partial charge in [0, 0.05) is 29.9 Å². The highest BCUT2D eigenvalue weighted by atomic mass is 32.2. The SMILES string of the molecule is O=C(O)n1ccc2cc(C3=CC=CN4CCS(=O)(=O)N=C34)ccc21. The lowest BCUT2D eigenvalue weighted by Gasteiger charge is -2.29. The molecular weight excluding hydrogens is 330 g/mol. The summed E-state index contributed by atoms with van der Waals surface area (Å²) in [6.07, 6.45) is 5.90. The first-order chi connectivity index (χ1) is 11.4. The third-order valence-electron chi connectivity index (χ3n) is 4.06. The Bertz CT molecular complexity index is 1060. The van der Waals surface area contributed by atoms with Crippen LogP contribution in [0.2, 0.25) is 0 Å². The van der Waals surface area contributed by atoms with Gasteiger partial charge in [-0.3, -0.25) is 4.57 Å². The standard InChI is InChI=1S/C16H13N3O4S/c20-16(21)19-7-5-12-10-11(3-4-14(12)19)13-2-1-6-18-8-9-24(22,23)17-15(13)18/h1-7,10H,8-9H2,(H,20,21). The monoisotopic (exact) mass is 343 g/mol. The van der Waals surface area contributed by atoms with Crippen LogP contribution in [0.25, 0.3) is 16.5 Å². The highest BCUT2D eigenvalue weighted by molar-refractivity contribution is 7.90. The molecule has 4 rings (SSSR count). The Balaban J connectivity index is 1.84. The van der Waals surface area contributed by atoms with E-state index < -0.39 is 16.1 Å². The van der Waals surface area contributed by atoms with E-state index in [4.69, 9.17) is 5.11 Å². The van der Waals surface area contributed by atoms with Crippen LogP contribution in [0.5, 0.6) is 0 Å². The molecule has 0 bridgehead atoms. The van der Waals surface area contributed by atoms with Crippen LogP contribution >= 0.6 is 0 Å². The summed E-state index contributed by atoms with van der Waals surface area (Å²) >= 11 is 0. The van der Waals surface area contributed by atoms with Gasteiger partial charge in [-0.15, -0.1) is 4.40 Å². The van der Waals surface area contributed by atoms with Crippen molar-refractivity contribution in [1.29, 1.82) is 0 Å². The lowest BCUT2D eigenvalue weighted by atomic mass is 10.0. The number of fused-ring (bicyclic) bond motifs is 2. The second-order valence-corrected chi connectivity index (χ2v) is 7.31. The second kappa shape index (κ2) is 5.07. The Labute approximate surface area is 137 Å². The fourth-order valence-corrected chi connectivity index (χ4v) is 3.90. The molecule has 0 unspecified atom stereocenters. The highest BCUT2D eigenvalue weighted by Gasteiger charge is 2.27. The minimum absolute atomic E-state index is 0.00534. The Hall–Kier alpha value is -2.87. The molecule has 1 aromatic carbocycles. The number of carboxylic acid groups (broad SMARTS) is 1. The minimum Gasteiger partial charge on any atom is -0.464 e. The van der Waals surface area contributed by atoms with Gasteiger partial charge in [0.15, 0.2) is 5.84 Å². The molecule has 0 aliphatic carbocycles. The van der Waals surface area contributed by atoms with Gasteiger partial charge in [0.05, 0.1) is 11.3 Å². The maximum absolute atomic E-state index is 11.8. The van der Waals surface area contributed by atoms with Crippen molar-refractivity contribution in [2.75, 3.05) is 12.3 Å². The molecule has 0 radical (unpaired) electrons. The average molecular weight is 343 g/mol. The number of benzene rings is 1. The lowest BCUT2D eigenvalue weighted by molar-refractivity contribution is 0.197. The summed E-state index contributed by atoms with van der Waals surface area (Å²) in [6, 6.07) is 7.03. The Kier molecular flexibility index (Phi) is 3.10. The topological polar surface area (TPSA) is 92.0 Å². The molecule has 0 fully saturated rings. The Morgan fingerprint density at radius 1 is 1.25 bits per heavy atom. The van der Waals surface area contributed by atoms with Crippen molar-refractivity contribution in [3.63, 3.8) is 0 Å². The van der Waals surface area contributed by atoms with Gasteiger partial charge in [-0.2, -0.15) is 0 Å². The maximum atomic E-state index is 11.8. The van der Waals surface area contributed by atoms with Gasteiger partial charge >= 0.3 is 6.09 Å². The van der Waals surface area contributed by atoms with E-state index in [0.29, 0.717) is 23.5 Å². The van der Waals surface area contributed by atoms with E-state index in [-0.39, 0.29) is 5.75 Å². The van der Waals surface area contributed by atoms with Crippen molar-refractivity contribution >= 4 is 38.4 Å². The smallest absolute Gasteiger partial charge is 0.415 e. The van der Waals surface area contributed by atoms with Crippen LogP contribution in [-0.2, 0) is 10.0 Å². The summed E-state index contributed by atoms with van der Waals surface area (Å²) in [5.74, 6) is 0.398. The number of sulfonamides is 1. The van der Waals surface area contributed by atoms with E-state index >= 15 is 0 Å². The molecule has 1 aromatic heterocycles. The Morgan fingerprint density at radius 3 is 2.88 bits per heavy atom. The molecule has 0 atom stereocenters. The lowest BCUT2D eigenvalue weighted by Crippen LogP contribution is -2.37. The second-order valence-electron chi connectivity index (χ2n) is 5.56. The molecule has 24 heavy (non-hydrogen) atoms. The van der Waals surface area contributed by atoms with Gasteiger partial charge in [0.2, 0.25) is 0 Å². The van der Waals surface area contributed by atoms with Crippen LogP contribution < -0.4 is 0 Å². The van der Waals surface area contributed by atoms with E-state index in [1.807, 2.05) is 23.1 Å². The molecule has 2 aliphatic heterocycles. The van der Waals surface area contributed by atoms with Crippen molar-refractivity contribution in [3.05, 3.63) is 54.4 Å². The summed E-state index contributed by atoms with van der Waals surface area (Å²) in [7, 11) is -3.45. The molecule has 1 N–H and O–H groups in total. The predicted octanol–water partition coefficient (Wildman–Crippen LogP) is 2.12. The first-order valence-electron chi connectivity index (χ1n) is 7.27. The summed E-state index contributed by atoms with van der Waals surface area (Å²) in [5.41, 5.74) is 2.06. The van der Waals surface area contributed by atoms with Gasteiger partial charge in [-0.25, -0.2) is 13.2 Å². The van der Waals surface area contributed by atoms with Crippen LogP contribution in [0, 0.1) is 0 Å². The van der Waals surface area contributed by atoms with Crippen molar-refractivity contribution in [1.82, 2.24) is 9.47 Å². The molecule has 0 amide bonds. The zero-order chi connectivity index (χ0) is 16.9. The predicted molar refractivity (Wildman–Crippen MR) is 90.4 cm³/mol. The van der Waals surface area contributed by atoms with Gasteiger partial charge in [0.1, 0.15) is 0 Å². The molecule has 0 saturated carbocycles. The molecule has 8 heteroatoms. The maximum Gasteiger partial charge on any atom is 0.415 e. The number of hydrogen-bond acceptors (Lipinski definition) is 4. The van der Waals surface area contributed by atoms with Crippen molar-refractivity contribution in [2.45, 2.75) is 0 Å². The Morgan fingerprint density at radius 2 is 2.08 bits per heavy atom. The summed E-state index contributed by atoms with van der Waals surface area (Å²) < 4.78 is 28.7. The van der Waals surface area contributed by atoms with E-state index in [1.54, 1.807) is 24.4 Å². The number of amidine groups is 1.